The van der Waals surface area contributed by atoms with Gasteiger partial charge in [0.2, 0.25) is 0 Å². The first-order valence-electron chi connectivity index (χ1n) is 8.79. The summed E-state index contributed by atoms with van der Waals surface area (Å²) in [6.07, 6.45) is 3.12. The molecular formula is C22H19ClFNO4. The van der Waals surface area contributed by atoms with Gasteiger partial charge in [-0.25, -0.2) is 14.0 Å². The van der Waals surface area contributed by atoms with Crippen molar-refractivity contribution in [2.45, 2.75) is 12.5 Å². The van der Waals surface area contributed by atoms with Crippen LogP contribution in [0.15, 0.2) is 72.1 Å². The Hall–Kier alpha value is -3.12. The Morgan fingerprint density at radius 2 is 1.52 bits per heavy atom. The number of benzene rings is 2. The quantitative estimate of drug-likeness (QED) is 0.685. The Bertz CT molecular complexity index is 951. The number of nitrogens with zero attached hydrogens (tertiary/aromatic N) is 1. The lowest BCUT2D eigenvalue weighted by molar-refractivity contribution is -0.137. The highest BCUT2D eigenvalue weighted by atomic mass is 35.5. The average Bonchev–Trinajstić information content (AvgIpc) is 2.74. The lowest BCUT2D eigenvalue weighted by Crippen LogP contribution is -2.29. The zero-order valence-corrected chi connectivity index (χ0v) is 16.7. The van der Waals surface area contributed by atoms with Crippen LogP contribution in [-0.2, 0) is 25.6 Å². The number of esters is 2. The van der Waals surface area contributed by atoms with Gasteiger partial charge in [-0.15, -0.1) is 0 Å². The van der Waals surface area contributed by atoms with Crippen molar-refractivity contribution >= 4 is 23.5 Å². The second-order valence-corrected chi connectivity index (χ2v) is 6.84. The van der Waals surface area contributed by atoms with E-state index in [9.17, 15) is 14.0 Å². The maximum Gasteiger partial charge on any atom is 0.336 e. The Balaban J connectivity index is 2.08. The Kier molecular flexibility index (Phi) is 6.34. The molecule has 7 heteroatoms. The van der Waals surface area contributed by atoms with Gasteiger partial charge in [0, 0.05) is 29.5 Å². The summed E-state index contributed by atoms with van der Waals surface area (Å²) in [4.78, 5) is 26.7. The minimum atomic E-state index is -0.947. The molecule has 0 N–H and O–H groups in total. The maximum absolute atomic E-state index is 14.6. The number of halogens is 2. The molecule has 0 atom stereocenters. The van der Waals surface area contributed by atoms with Crippen LogP contribution in [0.2, 0.25) is 5.02 Å². The molecule has 0 unspecified atom stereocenters. The largest absolute Gasteiger partial charge is 0.466 e. The van der Waals surface area contributed by atoms with Gasteiger partial charge in [0.25, 0.3) is 0 Å². The molecule has 0 fully saturated rings. The van der Waals surface area contributed by atoms with Gasteiger partial charge in [-0.1, -0.05) is 41.9 Å². The van der Waals surface area contributed by atoms with Crippen LogP contribution in [-0.4, -0.2) is 31.1 Å². The Morgan fingerprint density at radius 1 is 0.966 bits per heavy atom. The third-order valence-corrected chi connectivity index (χ3v) is 4.82. The predicted octanol–water partition coefficient (Wildman–Crippen LogP) is 4.19. The number of rotatable bonds is 5. The molecule has 0 saturated carbocycles. The molecule has 3 rings (SSSR count). The van der Waals surface area contributed by atoms with Gasteiger partial charge in [-0.05, 0) is 23.8 Å². The zero-order chi connectivity index (χ0) is 21.0. The van der Waals surface area contributed by atoms with Crippen molar-refractivity contribution in [1.82, 2.24) is 4.90 Å². The molecule has 1 aliphatic rings. The molecule has 0 amide bonds. The lowest BCUT2D eigenvalue weighted by Gasteiger charge is -2.30. The first-order chi connectivity index (χ1) is 13.9. The Labute approximate surface area is 173 Å². The summed E-state index contributed by atoms with van der Waals surface area (Å²) in [5.74, 6) is -2.80. The van der Waals surface area contributed by atoms with Crippen molar-refractivity contribution in [2.75, 3.05) is 14.2 Å². The number of ether oxygens (including phenoxy) is 2. The molecule has 0 aliphatic carbocycles. The van der Waals surface area contributed by atoms with Crippen LogP contribution < -0.4 is 0 Å². The molecule has 5 nitrogen and oxygen atoms in total. The zero-order valence-electron chi connectivity index (χ0n) is 15.9. The monoisotopic (exact) mass is 415 g/mol. The molecule has 0 aromatic heterocycles. The normalized spacial score (nSPS) is 14.1. The third kappa shape index (κ3) is 4.49. The van der Waals surface area contributed by atoms with Crippen molar-refractivity contribution in [3.63, 3.8) is 0 Å². The van der Waals surface area contributed by atoms with Gasteiger partial charge in [0.15, 0.2) is 0 Å². The molecule has 1 aliphatic heterocycles. The summed E-state index contributed by atoms with van der Waals surface area (Å²) in [6.45, 7) is 0.363. The predicted molar refractivity (Wildman–Crippen MR) is 106 cm³/mol. The maximum atomic E-state index is 14.6. The average molecular weight is 416 g/mol. The molecule has 2 aromatic carbocycles. The molecule has 29 heavy (non-hydrogen) atoms. The highest BCUT2D eigenvalue weighted by Gasteiger charge is 2.36. The summed E-state index contributed by atoms with van der Waals surface area (Å²) in [6, 6.07) is 13.2. The van der Waals surface area contributed by atoms with E-state index < -0.39 is 23.7 Å². The highest BCUT2D eigenvalue weighted by molar-refractivity contribution is 6.30. The third-order valence-electron chi connectivity index (χ3n) is 4.57. The van der Waals surface area contributed by atoms with Crippen molar-refractivity contribution in [1.29, 1.82) is 0 Å². The van der Waals surface area contributed by atoms with E-state index >= 15 is 0 Å². The number of hydrogen-bond acceptors (Lipinski definition) is 5. The minimum Gasteiger partial charge on any atom is -0.466 e. The second kappa shape index (κ2) is 8.92. The van der Waals surface area contributed by atoms with Crippen LogP contribution in [0.4, 0.5) is 4.39 Å². The molecule has 1 heterocycles. The van der Waals surface area contributed by atoms with Gasteiger partial charge >= 0.3 is 11.9 Å². The first kappa shape index (κ1) is 20.6. The smallest absolute Gasteiger partial charge is 0.336 e. The fraction of sp³-hybridized carbons (Fsp3) is 0.182. The van der Waals surface area contributed by atoms with E-state index in [-0.39, 0.29) is 16.7 Å². The standard InChI is InChI=1S/C22H19ClFNO4/c1-28-21(26)17-12-25(11-14-7-9-15(23)10-8-14)13-18(22(27)29-2)20(17)16-5-3-4-6-19(16)24/h3-10,12-13,20H,11H2,1-2H3. The molecule has 0 spiro atoms. The van der Waals surface area contributed by atoms with E-state index in [2.05, 4.69) is 0 Å². The van der Waals surface area contributed by atoms with E-state index in [4.69, 9.17) is 21.1 Å². The van der Waals surface area contributed by atoms with Gasteiger partial charge in [0.05, 0.1) is 31.3 Å². The summed E-state index contributed by atoms with van der Waals surface area (Å²) in [7, 11) is 2.47. The van der Waals surface area contributed by atoms with Crippen molar-refractivity contribution in [3.8, 4) is 0 Å². The molecule has 0 bridgehead atoms. The van der Waals surface area contributed by atoms with Crippen LogP contribution in [0.25, 0.3) is 0 Å². The van der Waals surface area contributed by atoms with Gasteiger partial charge in [0.1, 0.15) is 5.82 Å². The fourth-order valence-corrected chi connectivity index (χ4v) is 3.35. The van der Waals surface area contributed by atoms with E-state index in [1.54, 1.807) is 35.5 Å². The lowest BCUT2D eigenvalue weighted by atomic mass is 9.83. The highest BCUT2D eigenvalue weighted by Crippen LogP contribution is 2.38. The van der Waals surface area contributed by atoms with E-state index in [0.717, 1.165) is 5.56 Å². The summed E-state index contributed by atoms with van der Waals surface area (Å²) < 4.78 is 24.4. The van der Waals surface area contributed by atoms with E-state index in [0.29, 0.717) is 11.6 Å². The first-order valence-corrected chi connectivity index (χ1v) is 9.17. The molecule has 0 radical (unpaired) electrons. The van der Waals surface area contributed by atoms with Crippen molar-refractivity contribution < 1.29 is 23.5 Å². The number of carbonyl (C=O) groups is 2. The van der Waals surface area contributed by atoms with Crippen molar-refractivity contribution in [3.05, 3.63) is 94.0 Å². The summed E-state index contributed by atoms with van der Waals surface area (Å²) in [5.41, 5.74) is 1.36. The van der Waals surface area contributed by atoms with Crippen LogP contribution in [0.5, 0.6) is 0 Å². The fourth-order valence-electron chi connectivity index (χ4n) is 3.22. The van der Waals surface area contributed by atoms with Crippen molar-refractivity contribution in [2.24, 2.45) is 0 Å². The number of carbonyl (C=O) groups excluding carboxylic acids is 2. The van der Waals surface area contributed by atoms with E-state index in [1.165, 1.54) is 32.4 Å². The molecular weight excluding hydrogens is 397 g/mol. The van der Waals surface area contributed by atoms with Gasteiger partial charge in [-0.2, -0.15) is 0 Å². The van der Waals surface area contributed by atoms with Crippen LogP contribution >= 0.6 is 11.6 Å². The van der Waals surface area contributed by atoms with Gasteiger partial charge in [-0.3, -0.25) is 0 Å². The summed E-state index contributed by atoms with van der Waals surface area (Å²) in [5, 5.41) is 0.601. The minimum absolute atomic E-state index is 0.134. The van der Waals surface area contributed by atoms with E-state index in [1.807, 2.05) is 12.1 Å². The Morgan fingerprint density at radius 3 is 2.03 bits per heavy atom. The van der Waals surface area contributed by atoms with Gasteiger partial charge < -0.3 is 14.4 Å². The summed E-state index contributed by atoms with van der Waals surface area (Å²) >= 11 is 5.93. The molecule has 2 aromatic rings. The second-order valence-electron chi connectivity index (χ2n) is 6.41. The SMILES string of the molecule is COC(=O)C1=CN(Cc2ccc(Cl)cc2)C=C(C(=O)OC)C1c1ccccc1F. The number of methoxy groups -OCH3 is 2. The van der Waals surface area contributed by atoms with Crippen LogP contribution in [0.3, 0.4) is 0 Å². The molecule has 0 saturated heterocycles. The molecule has 150 valence electrons. The topological polar surface area (TPSA) is 55.8 Å². The number of hydrogen-bond donors (Lipinski definition) is 0. The van der Waals surface area contributed by atoms with Crippen LogP contribution in [0.1, 0.15) is 17.0 Å². The van der Waals surface area contributed by atoms with Crippen LogP contribution in [0, 0.1) is 5.82 Å².